The normalized spacial score (nSPS) is 13.3. The summed E-state index contributed by atoms with van der Waals surface area (Å²) in [6.07, 6.45) is 1.13. The molecule has 150 valence electrons. The summed E-state index contributed by atoms with van der Waals surface area (Å²) >= 11 is 0. The third-order valence-electron chi connectivity index (χ3n) is 4.84. The predicted octanol–water partition coefficient (Wildman–Crippen LogP) is 1.62. The molecule has 0 radical (unpaired) electrons. The van der Waals surface area contributed by atoms with Crippen LogP contribution >= 0.6 is 0 Å². The van der Waals surface area contributed by atoms with Gasteiger partial charge < -0.3 is 5.11 Å². The molecule has 4 rings (SSSR count). The zero-order valence-corrected chi connectivity index (χ0v) is 15.8. The minimum Gasteiger partial charge on any atom is -0.494 e. The Balaban J connectivity index is 1.62. The van der Waals surface area contributed by atoms with Gasteiger partial charge in [0, 0.05) is 6.21 Å². The van der Waals surface area contributed by atoms with Crippen molar-refractivity contribution < 1.29 is 14.7 Å². The zero-order valence-electron chi connectivity index (χ0n) is 15.8. The molecule has 1 aromatic heterocycles. The Morgan fingerprint density at radius 2 is 1.67 bits per heavy atom. The van der Waals surface area contributed by atoms with Crippen molar-refractivity contribution in [2.75, 3.05) is 0 Å². The molecule has 3 aromatic rings. The van der Waals surface area contributed by atoms with E-state index in [0.29, 0.717) is 22.4 Å². The van der Waals surface area contributed by atoms with Crippen LogP contribution < -0.4 is 11.2 Å². The summed E-state index contributed by atoms with van der Waals surface area (Å²) < 4.78 is 0. The van der Waals surface area contributed by atoms with Crippen molar-refractivity contribution in [3.63, 3.8) is 0 Å². The lowest BCUT2D eigenvalue weighted by atomic mass is 10.1. The number of rotatable bonds is 4. The van der Waals surface area contributed by atoms with Crippen molar-refractivity contribution in [1.29, 1.82) is 0 Å². The first-order chi connectivity index (χ1) is 14.3. The van der Waals surface area contributed by atoms with E-state index in [9.17, 15) is 24.3 Å². The smallest absolute Gasteiger partial charge is 0.328 e. The molecule has 9 heteroatoms. The highest BCUT2D eigenvalue weighted by molar-refractivity contribution is 6.21. The molecule has 0 bridgehead atoms. The number of nitrogens with zero attached hydrogens (tertiary/aromatic N) is 2. The van der Waals surface area contributed by atoms with Gasteiger partial charge in [0.2, 0.25) is 5.88 Å². The van der Waals surface area contributed by atoms with Crippen LogP contribution in [0.15, 0.2) is 57.0 Å². The number of aromatic nitrogens is 2. The second kappa shape index (κ2) is 7.28. The van der Waals surface area contributed by atoms with Crippen LogP contribution in [-0.2, 0) is 6.54 Å². The van der Waals surface area contributed by atoms with Gasteiger partial charge in [0.1, 0.15) is 5.56 Å². The van der Waals surface area contributed by atoms with Crippen LogP contribution in [0.1, 0.15) is 37.4 Å². The van der Waals surface area contributed by atoms with Crippen LogP contribution in [0.4, 0.5) is 5.69 Å². The highest BCUT2D eigenvalue weighted by Crippen LogP contribution is 2.26. The summed E-state index contributed by atoms with van der Waals surface area (Å²) in [5.74, 6) is -1.30. The molecule has 2 heterocycles. The Kier molecular flexibility index (Phi) is 4.63. The monoisotopic (exact) mass is 404 g/mol. The van der Waals surface area contributed by atoms with E-state index in [0.717, 1.165) is 11.8 Å². The molecule has 1 aliphatic heterocycles. The van der Waals surface area contributed by atoms with Gasteiger partial charge in [-0.15, -0.1) is 0 Å². The molecular weight excluding hydrogens is 388 g/mol. The third kappa shape index (κ3) is 3.32. The Labute approximate surface area is 169 Å². The lowest BCUT2D eigenvalue weighted by molar-refractivity contribution is 0.0642. The van der Waals surface area contributed by atoms with Crippen LogP contribution in [0.3, 0.4) is 0 Å². The molecule has 0 fully saturated rings. The van der Waals surface area contributed by atoms with Crippen molar-refractivity contribution in [1.82, 2.24) is 14.9 Å². The van der Waals surface area contributed by atoms with Gasteiger partial charge >= 0.3 is 5.69 Å². The standard InChI is InChI=1S/C21H16N4O5/c1-11-6-7-13(22-9-16-17(26)23-21(30)24-18(16)27)8-12(11)10-25-19(28)14-4-2-3-5-15(14)20(25)29/h2-9H,10H2,1H3,(H3,23,24,26,27,30). The molecule has 0 atom stereocenters. The van der Waals surface area contributed by atoms with Crippen molar-refractivity contribution >= 4 is 23.7 Å². The van der Waals surface area contributed by atoms with Crippen LogP contribution in [0.5, 0.6) is 5.88 Å². The average molecular weight is 404 g/mol. The van der Waals surface area contributed by atoms with Crippen LogP contribution in [-0.4, -0.2) is 38.0 Å². The summed E-state index contributed by atoms with van der Waals surface area (Å²) in [5.41, 5.74) is 0.957. The van der Waals surface area contributed by atoms with Gasteiger partial charge in [-0.05, 0) is 42.3 Å². The highest BCUT2D eigenvalue weighted by Gasteiger charge is 2.35. The van der Waals surface area contributed by atoms with E-state index >= 15 is 0 Å². The lowest BCUT2D eigenvalue weighted by Gasteiger charge is -2.16. The molecule has 0 spiro atoms. The molecule has 1 aliphatic rings. The van der Waals surface area contributed by atoms with Crippen molar-refractivity contribution in [2.24, 2.45) is 4.99 Å². The number of nitrogens with one attached hydrogen (secondary N) is 2. The van der Waals surface area contributed by atoms with Gasteiger partial charge in [0.25, 0.3) is 17.4 Å². The van der Waals surface area contributed by atoms with Crippen molar-refractivity contribution in [3.05, 3.63) is 91.1 Å². The molecule has 2 aromatic carbocycles. The maximum atomic E-state index is 12.6. The van der Waals surface area contributed by atoms with Gasteiger partial charge in [-0.3, -0.25) is 34.2 Å². The van der Waals surface area contributed by atoms with Crippen molar-refractivity contribution in [2.45, 2.75) is 13.5 Å². The first-order valence-electron chi connectivity index (χ1n) is 8.99. The fraction of sp³-hybridized carbons (Fsp3) is 0.0952. The van der Waals surface area contributed by atoms with E-state index in [1.165, 1.54) is 4.90 Å². The second-order valence-corrected chi connectivity index (χ2v) is 6.78. The molecule has 2 amide bonds. The summed E-state index contributed by atoms with van der Waals surface area (Å²) in [4.78, 5) is 57.6. The van der Waals surface area contributed by atoms with Gasteiger partial charge in [-0.25, -0.2) is 4.79 Å². The SMILES string of the molecule is Cc1ccc(N=Cc2c(O)[nH]c(=O)[nH]c2=O)cc1CN1C(=O)c2ccccc2C1=O. The first-order valence-corrected chi connectivity index (χ1v) is 8.99. The van der Waals surface area contributed by atoms with E-state index in [2.05, 4.69) is 9.98 Å². The minimum absolute atomic E-state index is 0.0754. The van der Waals surface area contributed by atoms with E-state index < -0.39 is 17.1 Å². The number of carbonyl (C=O) groups is 2. The number of aromatic hydroxyl groups is 1. The molecule has 0 aliphatic carbocycles. The Morgan fingerprint density at radius 3 is 2.30 bits per heavy atom. The number of fused-ring (bicyclic) bond motifs is 1. The fourth-order valence-electron chi connectivity index (χ4n) is 3.20. The molecule has 0 saturated carbocycles. The zero-order chi connectivity index (χ0) is 21.4. The predicted molar refractivity (Wildman–Crippen MR) is 108 cm³/mol. The Bertz CT molecular complexity index is 1300. The summed E-state index contributed by atoms with van der Waals surface area (Å²) in [7, 11) is 0. The Hall–Kier alpha value is -4.27. The van der Waals surface area contributed by atoms with Crippen molar-refractivity contribution in [3.8, 4) is 5.88 Å². The van der Waals surface area contributed by atoms with E-state index in [-0.39, 0.29) is 23.9 Å². The summed E-state index contributed by atoms with van der Waals surface area (Å²) in [6.45, 7) is 1.92. The Morgan fingerprint density at radius 1 is 1.00 bits per heavy atom. The molecule has 0 unspecified atom stereocenters. The number of aliphatic imine (C=N–C) groups is 1. The second-order valence-electron chi connectivity index (χ2n) is 6.78. The van der Waals surface area contributed by atoms with Crippen LogP contribution in [0, 0.1) is 6.92 Å². The summed E-state index contributed by atoms with van der Waals surface area (Å²) in [6, 6.07) is 11.8. The largest absolute Gasteiger partial charge is 0.494 e. The van der Waals surface area contributed by atoms with Crippen LogP contribution in [0.2, 0.25) is 0 Å². The number of aromatic amines is 2. The van der Waals surface area contributed by atoms with E-state index in [1.807, 2.05) is 11.9 Å². The number of H-pyrrole nitrogens is 2. The number of hydrogen-bond acceptors (Lipinski definition) is 6. The fourth-order valence-corrected chi connectivity index (χ4v) is 3.20. The van der Waals surface area contributed by atoms with E-state index in [1.54, 1.807) is 42.5 Å². The number of amides is 2. The van der Waals surface area contributed by atoms with Gasteiger partial charge in [0.15, 0.2) is 0 Å². The minimum atomic E-state index is -0.826. The molecule has 3 N–H and O–H groups in total. The third-order valence-corrected chi connectivity index (χ3v) is 4.84. The first kappa shape index (κ1) is 19.1. The van der Waals surface area contributed by atoms with Gasteiger partial charge in [-0.1, -0.05) is 18.2 Å². The number of hydrogen-bond donors (Lipinski definition) is 3. The molecule has 30 heavy (non-hydrogen) atoms. The number of imide groups is 1. The topological polar surface area (TPSA) is 136 Å². The van der Waals surface area contributed by atoms with Crippen LogP contribution in [0.25, 0.3) is 0 Å². The van der Waals surface area contributed by atoms with Gasteiger partial charge in [-0.2, -0.15) is 0 Å². The average Bonchev–Trinajstić information content (AvgIpc) is 2.94. The molecule has 0 saturated heterocycles. The maximum Gasteiger partial charge on any atom is 0.328 e. The number of benzene rings is 2. The number of carbonyl (C=O) groups excluding carboxylic acids is 2. The highest BCUT2D eigenvalue weighted by atomic mass is 16.3. The quantitative estimate of drug-likeness (QED) is 0.448. The summed E-state index contributed by atoms with van der Waals surface area (Å²) in [5, 5.41) is 9.73. The molecular formula is C21H16N4O5. The lowest BCUT2D eigenvalue weighted by Crippen LogP contribution is -2.29. The molecule has 9 nitrogen and oxygen atoms in total. The van der Waals surface area contributed by atoms with E-state index in [4.69, 9.17) is 0 Å². The number of aryl methyl sites for hydroxylation is 1. The van der Waals surface area contributed by atoms with Gasteiger partial charge in [0.05, 0.1) is 23.4 Å². The maximum absolute atomic E-state index is 12.6.